The summed E-state index contributed by atoms with van der Waals surface area (Å²) in [5.74, 6) is -2.19. The fourth-order valence-electron chi connectivity index (χ4n) is 1.43. The molecule has 0 fully saturated rings. The second kappa shape index (κ2) is 8.18. The van der Waals surface area contributed by atoms with E-state index in [1.165, 1.54) is 0 Å². The van der Waals surface area contributed by atoms with Gasteiger partial charge in [-0.3, -0.25) is 10.2 Å². The third-order valence-corrected chi connectivity index (χ3v) is 2.74. The van der Waals surface area contributed by atoms with Gasteiger partial charge in [-0.25, -0.2) is 0 Å². The molecule has 1 rings (SSSR count). The lowest BCUT2D eigenvalue weighted by Crippen LogP contribution is -2.29. The number of hydrogen-bond donors (Lipinski definition) is 2. The fourth-order valence-corrected chi connectivity index (χ4v) is 1.62. The van der Waals surface area contributed by atoms with Crippen LogP contribution in [0.5, 0.6) is 0 Å². The number of carbonyl (C=O) groups is 1. The van der Waals surface area contributed by atoms with Gasteiger partial charge in [0.1, 0.15) is 0 Å². The second-order valence-electron chi connectivity index (χ2n) is 4.13. The standard InChI is InChI=1S/C14H16ClN3O2/c1-2-3-7-20-13(17)12(9-16)14(19)18-11-6-4-5-10(15)8-11/h4-6,8,12,17H,2-3,7H2,1H3,(H,18,19)/t12-/m1/s1. The number of carbonyl (C=O) groups excluding carboxylic acids is 1. The summed E-state index contributed by atoms with van der Waals surface area (Å²) in [5, 5.41) is 19.6. The average molecular weight is 294 g/mol. The predicted octanol–water partition coefficient (Wildman–Crippen LogP) is 3.21. The highest BCUT2D eigenvalue weighted by atomic mass is 35.5. The number of unbranched alkanes of at least 4 members (excludes halogenated alkanes) is 1. The first kappa shape index (κ1) is 16.0. The highest BCUT2D eigenvalue weighted by Gasteiger charge is 2.24. The molecule has 0 radical (unpaired) electrons. The highest BCUT2D eigenvalue weighted by molar-refractivity contribution is 6.30. The number of benzene rings is 1. The van der Waals surface area contributed by atoms with Crippen molar-refractivity contribution < 1.29 is 9.53 Å². The van der Waals surface area contributed by atoms with E-state index in [0.29, 0.717) is 17.3 Å². The number of nitrogens with one attached hydrogen (secondary N) is 2. The summed E-state index contributed by atoms with van der Waals surface area (Å²) in [6.07, 6.45) is 1.69. The van der Waals surface area contributed by atoms with Crippen molar-refractivity contribution in [2.75, 3.05) is 11.9 Å². The predicted molar refractivity (Wildman–Crippen MR) is 77.8 cm³/mol. The Kier molecular flexibility index (Phi) is 6.54. The van der Waals surface area contributed by atoms with E-state index >= 15 is 0 Å². The quantitative estimate of drug-likeness (QED) is 0.480. The van der Waals surface area contributed by atoms with Gasteiger partial charge in [-0.15, -0.1) is 0 Å². The third kappa shape index (κ3) is 4.90. The summed E-state index contributed by atoms with van der Waals surface area (Å²) in [6.45, 7) is 2.32. The van der Waals surface area contributed by atoms with E-state index in [2.05, 4.69) is 5.32 Å². The molecule has 0 aliphatic rings. The van der Waals surface area contributed by atoms with Gasteiger partial charge < -0.3 is 10.1 Å². The molecule has 1 atom stereocenters. The number of rotatable bonds is 6. The largest absolute Gasteiger partial charge is 0.480 e. The van der Waals surface area contributed by atoms with Crippen LogP contribution in [0.1, 0.15) is 19.8 Å². The molecule has 6 heteroatoms. The Morgan fingerprint density at radius 2 is 2.35 bits per heavy atom. The summed E-state index contributed by atoms with van der Waals surface area (Å²) < 4.78 is 5.09. The summed E-state index contributed by atoms with van der Waals surface area (Å²) >= 11 is 5.81. The van der Waals surface area contributed by atoms with Gasteiger partial charge in [-0.05, 0) is 24.6 Å². The van der Waals surface area contributed by atoms with Crippen LogP contribution in [0.15, 0.2) is 24.3 Å². The number of halogens is 1. The van der Waals surface area contributed by atoms with E-state index in [9.17, 15) is 4.79 Å². The highest BCUT2D eigenvalue weighted by Crippen LogP contribution is 2.16. The molecule has 0 aliphatic carbocycles. The molecule has 5 nitrogen and oxygen atoms in total. The van der Waals surface area contributed by atoms with Crippen molar-refractivity contribution in [3.63, 3.8) is 0 Å². The minimum atomic E-state index is -1.26. The number of anilines is 1. The first-order chi connectivity index (χ1) is 9.58. The molecule has 1 amide bonds. The molecule has 0 spiro atoms. The Bertz CT molecular complexity index is 525. The number of hydrogen-bond acceptors (Lipinski definition) is 4. The lowest BCUT2D eigenvalue weighted by atomic mass is 10.1. The van der Waals surface area contributed by atoms with Crippen molar-refractivity contribution in [1.29, 1.82) is 10.7 Å². The number of nitrogens with zero attached hydrogens (tertiary/aromatic N) is 1. The van der Waals surface area contributed by atoms with Crippen molar-refractivity contribution in [3.8, 4) is 6.07 Å². The van der Waals surface area contributed by atoms with Gasteiger partial charge in [0.05, 0.1) is 12.7 Å². The number of ether oxygens (including phenoxy) is 1. The molecule has 1 aromatic rings. The van der Waals surface area contributed by atoms with Crippen LogP contribution in [-0.2, 0) is 9.53 Å². The molecular weight excluding hydrogens is 278 g/mol. The van der Waals surface area contributed by atoms with Gasteiger partial charge in [-0.2, -0.15) is 5.26 Å². The first-order valence-corrected chi connectivity index (χ1v) is 6.63. The Morgan fingerprint density at radius 3 is 2.95 bits per heavy atom. The van der Waals surface area contributed by atoms with E-state index in [1.807, 2.05) is 6.92 Å². The van der Waals surface area contributed by atoms with E-state index in [1.54, 1.807) is 30.3 Å². The molecule has 0 heterocycles. The van der Waals surface area contributed by atoms with Gasteiger partial charge in [0, 0.05) is 10.7 Å². The normalized spacial score (nSPS) is 11.2. The minimum Gasteiger partial charge on any atom is -0.480 e. The number of amides is 1. The summed E-state index contributed by atoms with van der Waals surface area (Å²) in [7, 11) is 0. The summed E-state index contributed by atoms with van der Waals surface area (Å²) in [4.78, 5) is 11.9. The molecule has 0 bridgehead atoms. The van der Waals surface area contributed by atoms with Crippen molar-refractivity contribution >= 4 is 29.1 Å². The Balaban J connectivity index is 2.63. The van der Waals surface area contributed by atoms with Gasteiger partial charge in [0.25, 0.3) is 5.91 Å². The van der Waals surface area contributed by atoms with Gasteiger partial charge in [0.2, 0.25) is 5.90 Å². The summed E-state index contributed by atoms with van der Waals surface area (Å²) in [6, 6.07) is 8.34. The van der Waals surface area contributed by atoms with Crippen molar-refractivity contribution in [2.24, 2.45) is 5.92 Å². The molecule has 0 saturated heterocycles. The maximum Gasteiger partial charge on any atom is 0.251 e. The van der Waals surface area contributed by atoms with Crippen molar-refractivity contribution in [2.45, 2.75) is 19.8 Å². The Hall–Kier alpha value is -2.06. The van der Waals surface area contributed by atoms with Crippen LogP contribution >= 0.6 is 11.6 Å². The molecule has 20 heavy (non-hydrogen) atoms. The van der Waals surface area contributed by atoms with E-state index in [4.69, 9.17) is 27.0 Å². The fraction of sp³-hybridized carbons (Fsp3) is 0.357. The van der Waals surface area contributed by atoms with Gasteiger partial charge in [-0.1, -0.05) is 31.0 Å². The van der Waals surface area contributed by atoms with Crippen LogP contribution < -0.4 is 5.32 Å². The molecule has 0 saturated carbocycles. The van der Waals surface area contributed by atoms with E-state index < -0.39 is 11.8 Å². The summed E-state index contributed by atoms with van der Waals surface area (Å²) in [5.41, 5.74) is 0.476. The van der Waals surface area contributed by atoms with Crippen LogP contribution in [0.3, 0.4) is 0 Å². The Labute approximate surface area is 123 Å². The molecule has 106 valence electrons. The van der Waals surface area contributed by atoms with Crippen LogP contribution in [0.2, 0.25) is 5.02 Å². The molecular formula is C14H16ClN3O2. The minimum absolute atomic E-state index is 0.331. The molecule has 0 aliphatic heterocycles. The van der Waals surface area contributed by atoms with Crippen molar-refractivity contribution in [3.05, 3.63) is 29.3 Å². The average Bonchev–Trinajstić information content (AvgIpc) is 2.39. The first-order valence-electron chi connectivity index (χ1n) is 6.25. The lowest BCUT2D eigenvalue weighted by molar-refractivity contribution is -0.117. The van der Waals surface area contributed by atoms with Crippen LogP contribution in [0.25, 0.3) is 0 Å². The number of nitriles is 1. The molecule has 0 aromatic heterocycles. The van der Waals surface area contributed by atoms with Gasteiger partial charge >= 0.3 is 0 Å². The zero-order valence-corrected chi connectivity index (χ0v) is 11.9. The molecule has 2 N–H and O–H groups in total. The maximum atomic E-state index is 11.9. The third-order valence-electron chi connectivity index (χ3n) is 2.50. The van der Waals surface area contributed by atoms with Crippen LogP contribution in [0.4, 0.5) is 5.69 Å². The lowest BCUT2D eigenvalue weighted by Gasteiger charge is -2.12. The smallest absolute Gasteiger partial charge is 0.251 e. The molecule has 1 aromatic carbocycles. The monoisotopic (exact) mass is 293 g/mol. The molecule has 0 unspecified atom stereocenters. The van der Waals surface area contributed by atoms with E-state index in [0.717, 1.165) is 12.8 Å². The maximum absolute atomic E-state index is 11.9. The zero-order chi connectivity index (χ0) is 15.0. The van der Waals surface area contributed by atoms with Crippen molar-refractivity contribution in [1.82, 2.24) is 0 Å². The SMILES string of the molecule is CCCCOC(=N)[C@@H](C#N)C(=O)Nc1cccc(Cl)c1. The van der Waals surface area contributed by atoms with Crippen LogP contribution in [0, 0.1) is 22.7 Å². The Morgan fingerprint density at radius 1 is 1.60 bits per heavy atom. The zero-order valence-electron chi connectivity index (χ0n) is 11.1. The second-order valence-corrected chi connectivity index (χ2v) is 4.56. The van der Waals surface area contributed by atoms with Crippen LogP contribution in [-0.4, -0.2) is 18.4 Å². The topological polar surface area (TPSA) is 86.0 Å². The van der Waals surface area contributed by atoms with Gasteiger partial charge in [0.15, 0.2) is 5.92 Å². The van der Waals surface area contributed by atoms with E-state index in [-0.39, 0.29) is 5.90 Å².